The van der Waals surface area contributed by atoms with Crippen molar-refractivity contribution in [3.05, 3.63) is 23.0 Å². The van der Waals surface area contributed by atoms with Gasteiger partial charge in [0, 0.05) is 5.41 Å². The molecule has 0 aliphatic heterocycles. The molecule has 0 saturated heterocycles. The van der Waals surface area contributed by atoms with Gasteiger partial charge in [-0.2, -0.15) is 0 Å². The molecule has 3 heteroatoms. The SMILES string of the molecule is CC=CSS(=O)C=CC. The zero-order valence-electron chi connectivity index (χ0n) is 5.53. The maximum atomic E-state index is 10.7. The third kappa shape index (κ3) is 5.86. The Morgan fingerprint density at radius 2 is 2.00 bits per heavy atom. The molecular weight excluding hydrogens is 152 g/mol. The Morgan fingerprint density at radius 1 is 1.33 bits per heavy atom. The van der Waals surface area contributed by atoms with Crippen LogP contribution in [0.5, 0.6) is 0 Å². The van der Waals surface area contributed by atoms with Gasteiger partial charge in [0.15, 0.2) is 0 Å². The molecule has 52 valence electrons. The maximum Gasteiger partial charge on any atom is 0.109 e. The van der Waals surface area contributed by atoms with Gasteiger partial charge in [-0.05, 0) is 30.0 Å². The fourth-order valence-electron chi connectivity index (χ4n) is 0.253. The highest BCUT2D eigenvalue weighted by Crippen LogP contribution is 2.09. The summed E-state index contributed by atoms with van der Waals surface area (Å²) in [6.07, 6.45) is 3.65. The van der Waals surface area contributed by atoms with Gasteiger partial charge in [0.1, 0.15) is 9.83 Å². The summed E-state index contributed by atoms with van der Waals surface area (Å²) in [5.74, 6) is 0. The van der Waals surface area contributed by atoms with Crippen LogP contribution in [-0.2, 0) is 9.83 Å². The van der Waals surface area contributed by atoms with Crippen molar-refractivity contribution < 1.29 is 4.21 Å². The van der Waals surface area contributed by atoms with E-state index in [1.54, 1.807) is 11.5 Å². The van der Waals surface area contributed by atoms with E-state index in [1.165, 1.54) is 10.8 Å². The lowest BCUT2D eigenvalue weighted by Gasteiger charge is -1.83. The molecule has 0 aromatic carbocycles. The van der Waals surface area contributed by atoms with Gasteiger partial charge in [-0.25, -0.2) is 4.21 Å². The minimum absolute atomic E-state index is 0.871. The molecule has 0 N–H and O–H groups in total. The van der Waals surface area contributed by atoms with Crippen molar-refractivity contribution in [2.75, 3.05) is 0 Å². The molecule has 0 aliphatic rings. The van der Waals surface area contributed by atoms with Crippen LogP contribution in [0.25, 0.3) is 0 Å². The van der Waals surface area contributed by atoms with Gasteiger partial charge >= 0.3 is 0 Å². The smallest absolute Gasteiger partial charge is 0.109 e. The number of allylic oxidation sites excluding steroid dienone is 2. The van der Waals surface area contributed by atoms with Crippen LogP contribution < -0.4 is 0 Å². The van der Waals surface area contributed by atoms with Gasteiger partial charge in [-0.1, -0.05) is 12.2 Å². The fourth-order valence-corrected chi connectivity index (χ4v) is 1.95. The van der Waals surface area contributed by atoms with Crippen molar-refractivity contribution in [3.8, 4) is 0 Å². The molecule has 1 atom stereocenters. The van der Waals surface area contributed by atoms with Crippen LogP contribution >= 0.6 is 10.8 Å². The van der Waals surface area contributed by atoms with Gasteiger partial charge in [0.05, 0.1) is 0 Å². The summed E-state index contributed by atoms with van der Waals surface area (Å²) in [7, 11) is 0.435. The molecule has 1 unspecified atom stereocenters. The number of hydrogen-bond acceptors (Lipinski definition) is 2. The van der Waals surface area contributed by atoms with E-state index >= 15 is 0 Å². The normalized spacial score (nSPS) is 15.3. The third-order valence-corrected chi connectivity index (χ3v) is 2.84. The standard InChI is InChI=1S/C6H10OS2/c1-3-5-8-9(7)6-4-2/h3-6H,1-2H3. The minimum Gasteiger partial charge on any atom is -0.243 e. The van der Waals surface area contributed by atoms with E-state index < -0.39 is 9.83 Å². The largest absolute Gasteiger partial charge is 0.243 e. The summed E-state index contributed by atoms with van der Waals surface area (Å²) in [6.45, 7) is 3.76. The maximum absolute atomic E-state index is 10.7. The van der Waals surface area contributed by atoms with Crippen molar-refractivity contribution in [1.29, 1.82) is 0 Å². The summed E-state index contributed by atoms with van der Waals surface area (Å²) in [6, 6.07) is 0. The molecule has 0 heterocycles. The average molecular weight is 162 g/mol. The molecule has 0 aromatic heterocycles. The molecule has 0 spiro atoms. The van der Waals surface area contributed by atoms with E-state index in [0.29, 0.717) is 0 Å². The molecule has 0 fully saturated rings. The molecule has 0 rings (SSSR count). The Morgan fingerprint density at radius 3 is 2.44 bits per heavy atom. The molecule has 0 amide bonds. The quantitative estimate of drug-likeness (QED) is 0.593. The zero-order chi connectivity index (χ0) is 7.11. The van der Waals surface area contributed by atoms with Gasteiger partial charge < -0.3 is 0 Å². The molecule has 0 aliphatic carbocycles. The Bertz CT molecular complexity index is 138. The second kappa shape index (κ2) is 6.11. The predicted octanol–water partition coefficient (Wildman–Crippen LogP) is 2.45. The molecule has 9 heavy (non-hydrogen) atoms. The van der Waals surface area contributed by atoms with Crippen molar-refractivity contribution in [1.82, 2.24) is 0 Å². The summed E-state index contributed by atoms with van der Waals surface area (Å²) >= 11 is 0. The lowest BCUT2D eigenvalue weighted by Crippen LogP contribution is -1.68. The molecular formula is C6H10OS2. The van der Waals surface area contributed by atoms with Crippen molar-refractivity contribution in [2.45, 2.75) is 13.8 Å². The molecule has 0 saturated carbocycles. The van der Waals surface area contributed by atoms with Crippen LogP contribution in [0.3, 0.4) is 0 Å². The predicted molar refractivity (Wildman–Crippen MR) is 45.4 cm³/mol. The lowest BCUT2D eigenvalue weighted by atomic mass is 10.8. The third-order valence-electron chi connectivity index (χ3n) is 0.534. The first-order chi connectivity index (χ1) is 4.31. The minimum atomic E-state index is -0.871. The first-order valence-electron chi connectivity index (χ1n) is 2.63. The summed E-state index contributed by atoms with van der Waals surface area (Å²) in [5, 5.41) is 3.47. The lowest BCUT2D eigenvalue weighted by molar-refractivity contribution is 0.696. The van der Waals surface area contributed by atoms with E-state index in [2.05, 4.69) is 0 Å². The number of rotatable bonds is 3. The van der Waals surface area contributed by atoms with Crippen LogP contribution in [0.4, 0.5) is 0 Å². The van der Waals surface area contributed by atoms with Gasteiger partial charge in [0.2, 0.25) is 0 Å². The Labute approximate surface area is 62.1 Å². The second-order valence-electron chi connectivity index (χ2n) is 1.30. The highest BCUT2D eigenvalue weighted by Gasteiger charge is 1.85. The summed E-state index contributed by atoms with van der Waals surface area (Å²) < 4.78 is 10.7. The van der Waals surface area contributed by atoms with Crippen LogP contribution in [0.15, 0.2) is 23.0 Å². The van der Waals surface area contributed by atoms with Crippen LogP contribution in [0.2, 0.25) is 0 Å². The highest BCUT2D eigenvalue weighted by atomic mass is 33.1. The zero-order valence-corrected chi connectivity index (χ0v) is 7.17. The molecule has 0 aromatic rings. The summed E-state index contributed by atoms with van der Waals surface area (Å²) in [4.78, 5) is 0. The van der Waals surface area contributed by atoms with E-state index in [0.717, 1.165) is 0 Å². The average Bonchev–Trinajstić information content (AvgIpc) is 1.85. The number of hydrogen-bond donors (Lipinski definition) is 0. The van der Waals surface area contributed by atoms with Crippen LogP contribution in [0, 0.1) is 0 Å². The first-order valence-corrected chi connectivity index (χ1v) is 5.24. The van der Waals surface area contributed by atoms with E-state index in [1.807, 2.05) is 25.3 Å². The van der Waals surface area contributed by atoms with Crippen LogP contribution in [0.1, 0.15) is 13.8 Å². The van der Waals surface area contributed by atoms with Crippen molar-refractivity contribution >= 4 is 20.6 Å². The second-order valence-corrected chi connectivity index (χ2v) is 4.12. The molecule has 1 nitrogen and oxygen atoms in total. The van der Waals surface area contributed by atoms with E-state index in [9.17, 15) is 4.21 Å². The van der Waals surface area contributed by atoms with Gasteiger partial charge in [0.25, 0.3) is 0 Å². The summed E-state index contributed by atoms with van der Waals surface area (Å²) in [5.41, 5.74) is 0. The highest BCUT2D eigenvalue weighted by molar-refractivity contribution is 8.71. The molecule has 0 bridgehead atoms. The van der Waals surface area contributed by atoms with Crippen molar-refractivity contribution in [3.63, 3.8) is 0 Å². The Balaban J connectivity index is 3.51. The van der Waals surface area contributed by atoms with Gasteiger partial charge in [-0.3, -0.25) is 0 Å². The van der Waals surface area contributed by atoms with E-state index in [4.69, 9.17) is 0 Å². The van der Waals surface area contributed by atoms with Crippen molar-refractivity contribution in [2.24, 2.45) is 0 Å². The molecule has 0 radical (unpaired) electrons. The topological polar surface area (TPSA) is 17.1 Å². The van der Waals surface area contributed by atoms with Gasteiger partial charge in [-0.15, -0.1) is 0 Å². The Kier molecular flexibility index (Phi) is 6.09. The first kappa shape index (κ1) is 8.98. The van der Waals surface area contributed by atoms with E-state index in [-0.39, 0.29) is 0 Å². The van der Waals surface area contributed by atoms with Crippen LogP contribution in [-0.4, -0.2) is 4.21 Å². The fraction of sp³-hybridized carbons (Fsp3) is 0.333. The Hall–Kier alpha value is -0.0200. The monoisotopic (exact) mass is 162 g/mol.